The number of anilines is 1. The first-order valence-electron chi connectivity index (χ1n) is 7.84. The van der Waals surface area contributed by atoms with Gasteiger partial charge in [-0.15, -0.1) is 0 Å². The number of carbonyl (C=O) groups is 2. The molecule has 1 heterocycles. The van der Waals surface area contributed by atoms with Gasteiger partial charge in [-0.1, -0.05) is 41.4 Å². The summed E-state index contributed by atoms with van der Waals surface area (Å²) in [5.41, 5.74) is 2.19. The largest absolute Gasteiger partial charge is 0.351 e. The van der Waals surface area contributed by atoms with Crippen LogP contribution in [0.2, 0.25) is 0 Å². The van der Waals surface area contributed by atoms with Gasteiger partial charge in [-0.05, 0) is 43.2 Å². The van der Waals surface area contributed by atoms with Gasteiger partial charge in [0, 0.05) is 16.7 Å². The maximum absolute atomic E-state index is 12.3. The summed E-state index contributed by atoms with van der Waals surface area (Å²) in [6.45, 7) is 4.63. The molecule has 0 bridgehead atoms. The molecule has 5 nitrogen and oxygen atoms in total. The van der Waals surface area contributed by atoms with Gasteiger partial charge in [0.25, 0.3) is 11.8 Å². The number of nitrogens with zero attached hydrogens (tertiary/aromatic N) is 1. The van der Waals surface area contributed by atoms with Gasteiger partial charge in [-0.3, -0.25) is 9.59 Å². The van der Waals surface area contributed by atoms with Crippen molar-refractivity contribution < 1.29 is 9.59 Å². The van der Waals surface area contributed by atoms with Crippen molar-refractivity contribution >= 4 is 33.4 Å². The first-order valence-corrected chi connectivity index (χ1v) is 8.63. The fraction of sp³-hybridized carbons (Fsp3) is 0.278. The number of carbonyl (C=O) groups excluding carboxylic acids is 2. The minimum absolute atomic E-state index is 0.204. The Labute approximate surface area is 150 Å². The van der Waals surface area contributed by atoms with Crippen LogP contribution in [0.5, 0.6) is 0 Å². The highest BCUT2D eigenvalue weighted by Crippen LogP contribution is 2.21. The average molecular weight is 390 g/mol. The van der Waals surface area contributed by atoms with Crippen LogP contribution in [-0.4, -0.2) is 23.3 Å². The third-order valence-electron chi connectivity index (χ3n) is 3.46. The molecular weight excluding hydrogens is 370 g/mol. The van der Waals surface area contributed by atoms with Gasteiger partial charge in [-0.25, -0.2) is 4.98 Å². The van der Waals surface area contributed by atoms with Gasteiger partial charge < -0.3 is 10.6 Å². The maximum atomic E-state index is 12.3. The van der Waals surface area contributed by atoms with Crippen LogP contribution < -0.4 is 10.6 Å². The molecule has 0 atom stereocenters. The van der Waals surface area contributed by atoms with Gasteiger partial charge in [0.2, 0.25) is 0 Å². The quantitative estimate of drug-likeness (QED) is 0.735. The summed E-state index contributed by atoms with van der Waals surface area (Å²) in [4.78, 5) is 28.5. The number of benzene rings is 1. The average Bonchev–Trinajstić information content (AvgIpc) is 2.58. The molecule has 6 heteroatoms. The smallest absolute Gasteiger partial charge is 0.274 e. The molecular formula is C18H20BrN3O2. The van der Waals surface area contributed by atoms with Crippen LogP contribution in [0.25, 0.3) is 0 Å². The standard InChI is InChI=1S/C18H20BrN3O2/c1-3-4-10-20-17(23)15-6-5-7-16(22-15)18(24)21-13-9-8-12(2)14(19)11-13/h5-9,11H,3-4,10H2,1-2H3,(H,20,23)(H,21,24). The van der Waals surface area contributed by atoms with Crippen LogP contribution >= 0.6 is 15.9 Å². The number of pyridine rings is 1. The van der Waals surface area contributed by atoms with E-state index in [9.17, 15) is 9.59 Å². The predicted molar refractivity (Wildman–Crippen MR) is 98.3 cm³/mol. The van der Waals surface area contributed by atoms with Gasteiger partial charge >= 0.3 is 0 Å². The van der Waals surface area contributed by atoms with Gasteiger partial charge in [0.05, 0.1) is 0 Å². The number of aromatic nitrogens is 1. The summed E-state index contributed by atoms with van der Waals surface area (Å²) >= 11 is 3.43. The molecule has 126 valence electrons. The van der Waals surface area contributed by atoms with Gasteiger partial charge in [0.15, 0.2) is 0 Å². The summed E-state index contributed by atoms with van der Waals surface area (Å²) < 4.78 is 0.914. The van der Waals surface area contributed by atoms with E-state index < -0.39 is 0 Å². The van der Waals surface area contributed by atoms with Crippen LogP contribution in [0.15, 0.2) is 40.9 Å². The van der Waals surface area contributed by atoms with E-state index in [1.165, 1.54) is 0 Å². The molecule has 1 aromatic heterocycles. The molecule has 24 heavy (non-hydrogen) atoms. The van der Waals surface area contributed by atoms with Crippen molar-refractivity contribution in [2.24, 2.45) is 0 Å². The highest BCUT2D eigenvalue weighted by atomic mass is 79.9. The number of hydrogen-bond acceptors (Lipinski definition) is 3. The molecule has 0 fully saturated rings. The van der Waals surface area contributed by atoms with Crippen molar-refractivity contribution in [1.82, 2.24) is 10.3 Å². The second-order valence-corrected chi connectivity index (χ2v) is 6.29. The number of rotatable bonds is 6. The molecule has 0 aliphatic carbocycles. The molecule has 0 saturated carbocycles. The van der Waals surface area contributed by atoms with Crippen molar-refractivity contribution in [1.29, 1.82) is 0 Å². The molecule has 0 unspecified atom stereocenters. The van der Waals surface area contributed by atoms with E-state index in [4.69, 9.17) is 0 Å². The van der Waals surface area contributed by atoms with Crippen molar-refractivity contribution in [2.75, 3.05) is 11.9 Å². The lowest BCUT2D eigenvalue weighted by Crippen LogP contribution is -2.26. The lowest BCUT2D eigenvalue weighted by Gasteiger charge is -2.08. The number of nitrogens with one attached hydrogen (secondary N) is 2. The zero-order valence-electron chi connectivity index (χ0n) is 13.7. The van der Waals surface area contributed by atoms with E-state index in [-0.39, 0.29) is 23.2 Å². The zero-order valence-corrected chi connectivity index (χ0v) is 15.3. The third-order valence-corrected chi connectivity index (χ3v) is 4.31. The maximum Gasteiger partial charge on any atom is 0.274 e. The van der Waals surface area contributed by atoms with Crippen molar-refractivity contribution in [3.63, 3.8) is 0 Å². The Kier molecular flexibility index (Phi) is 6.49. The lowest BCUT2D eigenvalue weighted by atomic mass is 10.2. The van der Waals surface area contributed by atoms with E-state index in [1.807, 2.05) is 25.1 Å². The summed E-state index contributed by atoms with van der Waals surface area (Å²) in [7, 11) is 0. The Hall–Kier alpha value is -2.21. The number of aryl methyl sites for hydroxylation is 1. The van der Waals surface area contributed by atoms with Crippen molar-refractivity contribution in [3.05, 3.63) is 57.8 Å². The molecule has 2 N–H and O–H groups in total. The molecule has 2 rings (SSSR count). The van der Waals surface area contributed by atoms with Crippen LogP contribution in [0.4, 0.5) is 5.69 Å². The Morgan fingerprint density at radius 2 is 1.83 bits per heavy atom. The fourth-order valence-corrected chi connectivity index (χ4v) is 2.40. The van der Waals surface area contributed by atoms with E-state index in [1.54, 1.807) is 18.2 Å². The number of unbranched alkanes of at least 4 members (excludes halogenated alkanes) is 1. The summed E-state index contributed by atoms with van der Waals surface area (Å²) in [5, 5.41) is 5.57. The zero-order chi connectivity index (χ0) is 17.5. The van der Waals surface area contributed by atoms with E-state index in [0.29, 0.717) is 12.2 Å². The molecule has 0 aliphatic rings. The third kappa shape index (κ3) is 4.89. The normalized spacial score (nSPS) is 10.3. The minimum Gasteiger partial charge on any atom is -0.351 e. The molecule has 2 aromatic rings. The molecule has 0 spiro atoms. The number of hydrogen-bond donors (Lipinski definition) is 2. The van der Waals surface area contributed by atoms with E-state index >= 15 is 0 Å². The van der Waals surface area contributed by atoms with E-state index in [0.717, 1.165) is 22.9 Å². The summed E-state index contributed by atoms with van der Waals surface area (Å²) in [5.74, 6) is -0.620. The molecule has 0 saturated heterocycles. The van der Waals surface area contributed by atoms with Crippen LogP contribution in [0, 0.1) is 6.92 Å². The summed E-state index contributed by atoms with van der Waals surface area (Å²) in [6.07, 6.45) is 1.91. The predicted octanol–water partition coefficient (Wildman–Crippen LogP) is 3.93. The highest BCUT2D eigenvalue weighted by molar-refractivity contribution is 9.10. The second-order valence-electron chi connectivity index (χ2n) is 5.44. The molecule has 0 radical (unpaired) electrons. The molecule has 1 aromatic carbocycles. The topological polar surface area (TPSA) is 71.1 Å². The highest BCUT2D eigenvalue weighted by Gasteiger charge is 2.12. The van der Waals surface area contributed by atoms with Crippen LogP contribution in [-0.2, 0) is 0 Å². The minimum atomic E-state index is -0.353. The Morgan fingerprint density at radius 1 is 1.12 bits per heavy atom. The Bertz CT molecular complexity index is 747. The van der Waals surface area contributed by atoms with Gasteiger partial charge in [0.1, 0.15) is 11.4 Å². The SMILES string of the molecule is CCCCNC(=O)c1cccc(C(=O)Nc2ccc(C)c(Br)c2)n1. The number of halogens is 1. The monoisotopic (exact) mass is 389 g/mol. The summed E-state index contributed by atoms with van der Waals surface area (Å²) in [6, 6.07) is 10.4. The van der Waals surface area contributed by atoms with Gasteiger partial charge in [-0.2, -0.15) is 0 Å². The van der Waals surface area contributed by atoms with E-state index in [2.05, 4.69) is 38.5 Å². The van der Waals surface area contributed by atoms with Crippen molar-refractivity contribution in [2.45, 2.75) is 26.7 Å². The number of amides is 2. The molecule has 2 amide bonds. The lowest BCUT2D eigenvalue weighted by molar-refractivity contribution is 0.0948. The Morgan fingerprint density at radius 3 is 2.50 bits per heavy atom. The molecule has 0 aliphatic heterocycles. The van der Waals surface area contributed by atoms with Crippen LogP contribution in [0.1, 0.15) is 46.3 Å². The fourth-order valence-electron chi connectivity index (χ4n) is 2.02. The van der Waals surface area contributed by atoms with Crippen molar-refractivity contribution in [3.8, 4) is 0 Å². The first-order chi connectivity index (χ1) is 11.5. The van der Waals surface area contributed by atoms with Crippen LogP contribution in [0.3, 0.4) is 0 Å². The second kappa shape index (κ2) is 8.59. The first kappa shape index (κ1) is 18.1. The Balaban J connectivity index is 2.08.